The van der Waals surface area contributed by atoms with E-state index < -0.39 is 49.7 Å². The number of pyridine rings is 2. The average molecular weight is 709 g/mol. The van der Waals surface area contributed by atoms with Gasteiger partial charge in [0.1, 0.15) is 35.1 Å². The van der Waals surface area contributed by atoms with Crippen LogP contribution in [-0.4, -0.2) is 93.4 Å². The number of nitrogens with one attached hydrogen (secondary N) is 1. The van der Waals surface area contributed by atoms with E-state index in [2.05, 4.69) is 42.5 Å². The topological polar surface area (TPSA) is 123 Å². The molecule has 1 aromatic carbocycles. The molecule has 1 amide bonds. The molecule has 1 aliphatic heterocycles. The van der Waals surface area contributed by atoms with Gasteiger partial charge in [-0.2, -0.15) is 13.2 Å². The number of likely N-dealkylation sites (tertiary alicyclic amines) is 1. The average Bonchev–Trinajstić information content (AvgIpc) is 3.64. The number of nitrogens with zero attached hydrogens (tertiary/aromatic N) is 5. The Hall–Kier alpha value is -3.65. The Morgan fingerprint density at radius 3 is 2.56 bits per heavy atom. The Balaban J connectivity index is 1.40. The number of hydrogen-bond donors (Lipinski definition) is 2. The van der Waals surface area contributed by atoms with E-state index in [1.165, 1.54) is 39.8 Å². The molecule has 1 aliphatic rings. The highest BCUT2D eigenvalue weighted by molar-refractivity contribution is 6.26. The van der Waals surface area contributed by atoms with Crippen LogP contribution in [0.1, 0.15) is 44.7 Å². The van der Waals surface area contributed by atoms with Gasteiger partial charge in [0.2, 0.25) is 0 Å². The molecule has 0 saturated carbocycles. The molecule has 0 bridgehead atoms. The van der Waals surface area contributed by atoms with Gasteiger partial charge in [0.25, 0.3) is 0 Å². The van der Waals surface area contributed by atoms with E-state index in [-0.39, 0.29) is 48.4 Å². The van der Waals surface area contributed by atoms with E-state index in [9.17, 15) is 22.4 Å². The van der Waals surface area contributed by atoms with Gasteiger partial charge >= 0.3 is 12.3 Å². The van der Waals surface area contributed by atoms with Crippen LogP contribution in [0.2, 0.25) is 13.1 Å². The number of fused-ring (bicyclic) bond motifs is 2. The Morgan fingerprint density at radius 1 is 1.12 bits per heavy atom. The molecule has 3 aromatic heterocycles. The minimum Gasteiger partial charge on any atom is -0.491 e. The number of ether oxygens (including phenoxy) is 1. The monoisotopic (exact) mass is 708 g/mol. The Kier molecular flexibility index (Phi) is 11.0. The Bertz CT molecular complexity index is 1740. The van der Waals surface area contributed by atoms with Crippen LogP contribution in [-0.2, 0) is 8.85 Å². The van der Waals surface area contributed by atoms with E-state index in [0.717, 1.165) is 6.42 Å². The van der Waals surface area contributed by atoms with E-state index in [4.69, 9.17) is 23.7 Å². The highest BCUT2D eigenvalue weighted by Gasteiger charge is 2.47. The molecule has 2 atom stereocenters. The fourth-order valence-electron chi connectivity index (χ4n) is 6.20. The number of hydrogen-bond acceptors (Lipinski definition) is 8. The lowest BCUT2D eigenvalue weighted by Gasteiger charge is -2.34. The maximum atomic E-state index is 14.6. The molecular weight excluding hydrogens is 669 g/mol. The van der Waals surface area contributed by atoms with Crippen molar-refractivity contribution in [1.29, 1.82) is 0 Å². The summed E-state index contributed by atoms with van der Waals surface area (Å²) < 4.78 is 77.4. The lowest BCUT2D eigenvalue weighted by Crippen LogP contribution is -2.40. The van der Waals surface area contributed by atoms with Gasteiger partial charge in [0.05, 0.1) is 6.61 Å². The zero-order valence-corrected chi connectivity index (χ0v) is 30.1. The molecule has 4 aromatic rings. The van der Waals surface area contributed by atoms with Crippen LogP contribution in [0.4, 0.5) is 22.4 Å². The summed E-state index contributed by atoms with van der Waals surface area (Å²) in [5.41, 5.74) is 0.716. The molecule has 17 heteroatoms. The minimum atomic E-state index is -4.64. The van der Waals surface area contributed by atoms with Crippen molar-refractivity contribution >= 4 is 42.2 Å². The fraction of sp³-hybridized carbons (Fsp3) is 0.484. The molecule has 260 valence electrons. The number of carbonyl (C=O) groups is 1. The standard InChI is InChI=1S/C31H40F4N6O5Si2/c1-30(2,28(45-47-3)46-48-4)11-5-13-44-23-15-20(32)14-18-6-8-22(37-25(18)23)27-39-38-24-9-7-19(16-41(24)27)26(31(33,34)35)40-12-10-21(17-40)36-29(42)43/h6-9,14-16,21,26,28,36H,5,10-13,17,47-48H2,1-4H3,(H,42,43)/t21-,26+/m0/s1. The summed E-state index contributed by atoms with van der Waals surface area (Å²) in [5.74, 6) is -0.0575. The molecule has 4 heterocycles. The van der Waals surface area contributed by atoms with Gasteiger partial charge in [0.15, 0.2) is 31.0 Å². The molecule has 11 nitrogen and oxygen atoms in total. The summed E-state index contributed by atoms with van der Waals surface area (Å²) in [7, 11) is -1.31. The minimum absolute atomic E-state index is 0.0533. The number of benzene rings is 1. The first-order valence-electron chi connectivity index (χ1n) is 15.9. The van der Waals surface area contributed by atoms with E-state index >= 15 is 0 Å². The molecule has 1 fully saturated rings. The van der Waals surface area contributed by atoms with Crippen LogP contribution in [0.25, 0.3) is 28.1 Å². The summed E-state index contributed by atoms with van der Waals surface area (Å²) in [6, 6.07) is 6.08. The SMILES string of the molecule is C[SiH2]OC(O[SiH2]C)C(C)(C)CCCOc1cc(F)cc2ccc(-c3nnc4ccc([C@@H](N5CC[C@H](NC(=O)O)C5)C(F)(F)F)cn34)nc12. The smallest absolute Gasteiger partial charge is 0.408 e. The largest absolute Gasteiger partial charge is 0.491 e. The second-order valence-corrected chi connectivity index (χ2v) is 14.3. The number of rotatable bonds is 14. The predicted octanol–water partition coefficient (Wildman–Crippen LogP) is 4.84. The van der Waals surface area contributed by atoms with Crippen LogP contribution in [0.3, 0.4) is 0 Å². The van der Waals surface area contributed by atoms with Gasteiger partial charge < -0.3 is 24.0 Å². The summed E-state index contributed by atoms with van der Waals surface area (Å²) in [4.78, 5) is 17.0. The van der Waals surface area contributed by atoms with Crippen LogP contribution in [0.15, 0.2) is 42.6 Å². The maximum absolute atomic E-state index is 14.6. The number of carboxylic acid groups (broad SMARTS) is 1. The normalized spacial score (nSPS) is 17.7. The van der Waals surface area contributed by atoms with Crippen molar-refractivity contribution in [2.45, 2.75) is 70.8 Å². The molecule has 0 spiro atoms. The number of aromatic nitrogens is 4. The Morgan fingerprint density at radius 2 is 1.88 bits per heavy atom. The van der Waals surface area contributed by atoms with Crippen molar-refractivity contribution in [2.75, 3.05) is 19.7 Å². The van der Waals surface area contributed by atoms with Gasteiger partial charge in [0, 0.05) is 42.2 Å². The fourth-order valence-corrected chi connectivity index (χ4v) is 8.09. The van der Waals surface area contributed by atoms with Gasteiger partial charge in [-0.25, -0.2) is 14.2 Å². The van der Waals surface area contributed by atoms with Crippen molar-refractivity contribution in [1.82, 2.24) is 29.8 Å². The van der Waals surface area contributed by atoms with Crippen LogP contribution >= 0.6 is 0 Å². The van der Waals surface area contributed by atoms with Crippen molar-refractivity contribution in [3.8, 4) is 17.3 Å². The second kappa shape index (κ2) is 14.9. The van der Waals surface area contributed by atoms with Crippen LogP contribution < -0.4 is 10.1 Å². The molecule has 48 heavy (non-hydrogen) atoms. The van der Waals surface area contributed by atoms with Gasteiger partial charge in [-0.1, -0.05) is 39.1 Å². The van der Waals surface area contributed by atoms with Crippen LogP contribution in [0.5, 0.6) is 5.75 Å². The highest BCUT2D eigenvalue weighted by Crippen LogP contribution is 2.40. The van der Waals surface area contributed by atoms with E-state index in [1.807, 2.05) is 0 Å². The van der Waals surface area contributed by atoms with E-state index in [0.29, 0.717) is 35.3 Å². The predicted molar refractivity (Wildman–Crippen MR) is 177 cm³/mol. The highest BCUT2D eigenvalue weighted by atomic mass is 28.2. The number of amides is 1. The second-order valence-electron chi connectivity index (χ2n) is 12.4. The third-order valence-electron chi connectivity index (χ3n) is 8.41. The lowest BCUT2D eigenvalue weighted by molar-refractivity contribution is -0.184. The molecule has 1 saturated heterocycles. The van der Waals surface area contributed by atoms with E-state index in [1.54, 1.807) is 12.1 Å². The molecule has 0 unspecified atom stereocenters. The zero-order valence-electron chi connectivity index (χ0n) is 27.3. The molecule has 2 N–H and O–H groups in total. The summed E-state index contributed by atoms with van der Waals surface area (Å²) >= 11 is 0. The summed E-state index contributed by atoms with van der Waals surface area (Å²) in [6.45, 7) is 8.60. The van der Waals surface area contributed by atoms with Crippen LogP contribution in [0, 0.1) is 11.2 Å². The molecule has 0 aliphatic carbocycles. The lowest BCUT2D eigenvalue weighted by atomic mass is 9.87. The first-order valence-corrected chi connectivity index (χ1v) is 19.9. The first-order chi connectivity index (χ1) is 22.8. The van der Waals surface area contributed by atoms with Crippen molar-refractivity contribution in [3.63, 3.8) is 0 Å². The van der Waals surface area contributed by atoms with Crippen molar-refractivity contribution < 1.29 is 41.1 Å². The molecule has 5 rings (SSSR count). The van der Waals surface area contributed by atoms with Gasteiger partial charge in [-0.15, -0.1) is 10.2 Å². The van der Waals surface area contributed by atoms with Crippen molar-refractivity contribution in [2.24, 2.45) is 5.41 Å². The first kappa shape index (κ1) is 35.7. The Labute approximate surface area is 279 Å². The zero-order chi connectivity index (χ0) is 34.6. The molecule has 0 radical (unpaired) electrons. The number of halogens is 4. The molecular formula is C31H40F4N6O5Si2. The van der Waals surface area contributed by atoms with Crippen molar-refractivity contribution in [3.05, 3.63) is 54.0 Å². The quantitative estimate of drug-likeness (QED) is 0.0821. The summed E-state index contributed by atoms with van der Waals surface area (Å²) in [5, 5.41) is 20.2. The third kappa shape index (κ3) is 8.14. The third-order valence-corrected chi connectivity index (χ3v) is 9.68. The van der Waals surface area contributed by atoms with Gasteiger partial charge in [-0.3, -0.25) is 9.30 Å². The summed E-state index contributed by atoms with van der Waals surface area (Å²) in [6.07, 6.45) is -3.16. The number of alkyl halides is 3. The maximum Gasteiger partial charge on any atom is 0.408 e. The van der Waals surface area contributed by atoms with Gasteiger partial charge in [-0.05, 0) is 43.0 Å².